The van der Waals surface area contributed by atoms with E-state index in [2.05, 4.69) is 52.0 Å². The van der Waals surface area contributed by atoms with Crippen molar-refractivity contribution in [1.29, 1.82) is 0 Å². The number of aromatic nitrogens is 4. The number of rotatable bonds is 6. The molecule has 1 atom stereocenters. The van der Waals surface area contributed by atoms with Gasteiger partial charge in [-0.1, -0.05) is 30.3 Å². The minimum atomic E-state index is 0.371. The Labute approximate surface area is 193 Å². The number of hydrogen-bond acceptors (Lipinski definition) is 6. The summed E-state index contributed by atoms with van der Waals surface area (Å²) in [5.74, 6) is 2.17. The summed E-state index contributed by atoms with van der Waals surface area (Å²) < 4.78 is 7.52. The monoisotopic (exact) mass is 440 g/mol. The minimum Gasteiger partial charge on any atom is -0.495 e. The molecular formula is C26H28N6O. The van der Waals surface area contributed by atoms with E-state index in [1.165, 1.54) is 6.42 Å². The van der Waals surface area contributed by atoms with Gasteiger partial charge in [-0.2, -0.15) is 5.10 Å². The molecule has 0 spiro atoms. The molecule has 1 saturated carbocycles. The van der Waals surface area contributed by atoms with Crippen LogP contribution < -0.4 is 15.4 Å². The number of piperidine rings is 1. The van der Waals surface area contributed by atoms with Crippen LogP contribution in [0.1, 0.15) is 37.3 Å². The van der Waals surface area contributed by atoms with Crippen LogP contribution in [0.2, 0.25) is 0 Å². The maximum Gasteiger partial charge on any atom is 0.157 e. The molecule has 1 aliphatic carbocycles. The van der Waals surface area contributed by atoms with Gasteiger partial charge in [-0.05, 0) is 55.5 Å². The molecule has 1 aromatic carbocycles. The molecule has 2 aliphatic rings. The van der Waals surface area contributed by atoms with Gasteiger partial charge < -0.3 is 15.4 Å². The van der Waals surface area contributed by atoms with Crippen LogP contribution in [0.3, 0.4) is 0 Å². The van der Waals surface area contributed by atoms with Crippen molar-refractivity contribution in [2.45, 2.75) is 37.6 Å². The molecule has 7 heteroatoms. The van der Waals surface area contributed by atoms with E-state index in [0.29, 0.717) is 12.0 Å². The van der Waals surface area contributed by atoms with Gasteiger partial charge >= 0.3 is 0 Å². The number of pyridine rings is 1. The van der Waals surface area contributed by atoms with Crippen LogP contribution in [0, 0.1) is 0 Å². The zero-order valence-corrected chi connectivity index (χ0v) is 18.8. The number of fused-ring (bicyclic) bond motifs is 1. The summed E-state index contributed by atoms with van der Waals surface area (Å²) in [6, 6.07) is 17.1. The van der Waals surface area contributed by atoms with Gasteiger partial charge in [0.2, 0.25) is 0 Å². The number of methoxy groups -OCH3 is 1. The third kappa shape index (κ3) is 4.04. The van der Waals surface area contributed by atoms with E-state index in [1.54, 1.807) is 7.11 Å². The first-order chi connectivity index (χ1) is 16.3. The molecule has 33 heavy (non-hydrogen) atoms. The predicted octanol–water partition coefficient (Wildman–Crippen LogP) is 4.51. The van der Waals surface area contributed by atoms with Gasteiger partial charge in [-0.3, -0.25) is 0 Å². The third-order valence-electron chi connectivity index (χ3n) is 6.51. The zero-order valence-electron chi connectivity index (χ0n) is 18.8. The zero-order chi connectivity index (χ0) is 22.2. The lowest BCUT2D eigenvalue weighted by Crippen LogP contribution is -2.38. The minimum absolute atomic E-state index is 0.371. The molecule has 1 aliphatic heterocycles. The quantitative estimate of drug-likeness (QED) is 0.460. The summed E-state index contributed by atoms with van der Waals surface area (Å²) >= 11 is 0. The van der Waals surface area contributed by atoms with E-state index in [-0.39, 0.29) is 0 Å². The van der Waals surface area contributed by atoms with Gasteiger partial charge in [0.15, 0.2) is 5.65 Å². The van der Waals surface area contributed by atoms with Gasteiger partial charge in [0.1, 0.15) is 23.0 Å². The molecule has 1 unspecified atom stereocenters. The summed E-state index contributed by atoms with van der Waals surface area (Å²) in [6.07, 6.45) is 6.49. The van der Waals surface area contributed by atoms with E-state index in [1.807, 2.05) is 22.8 Å². The van der Waals surface area contributed by atoms with E-state index in [4.69, 9.17) is 14.8 Å². The van der Waals surface area contributed by atoms with Crippen LogP contribution >= 0.6 is 0 Å². The second-order valence-electron chi connectivity index (χ2n) is 8.97. The van der Waals surface area contributed by atoms with Crippen molar-refractivity contribution in [1.82, 2.24) is 24.9 Å². The van der Waals surface area contributed by atoms with Gasteiger partial charge in [-0.15, -0.1) is 0 Å². The van der Waals surface area contributed by atoms with E-state index in [9.17, 15) is 0 Å². The molecule has 1 saturated heterocycles. The van der Waals surface area contributed by atoms with E-state index < -0.39 is 0 Å². The summed E-state index contributed by atoms with van der Waals surface area (Å²) in [5.41, 5.74) is 5.80. The third-order valence-corrected chi connectivity index (χ3v) is 6.51. The van der Waals surface area contributed by atoms with Crippen LogP contribution in [-0.2, 0) is 0 Å². The van der Waals surface area contributed by atoms with Crippen molar-refractivity contribution in [3.63, 3.8) is 0 Å². The van der Waals surface area contributed by atoms with Crippen LogP contribution in [0.4, 0.5) is 5.82 Å². The molecule has 7 nitrogen and oxygen atoms in total. The van der Waals surface area contributed by atoms with Gasteiger partial charge in [0.05, 0.1) is 19.0 Å². The van der Waals surface area contributed by atoms with Gasteiger partial charge in [0.25, 0.3) is 0 Å². The smallest absolute Gasteiger partial charge is 0.157 e. The molecule has 0 bridgehead atoms. The number of imidazole rings is 1. The highest BCUT2D eigenvalue weighted by molar-refractivity contribution is 5.73. The first kappa shape index (κ1) is 20.2. The molecule has 3 aromatic heterocycles. The number of nitrogens with zero attached hydrogens (tertiary/aromatic N) is 4. The lowest BCUT2D eigenvalue weighted by Gasteiger charge is -2.24. The maximum atomic E-state index is 5.60. The second kappa shape index (κ2) is 8.48. The topological polar surface area (TPSA) is 76.4 Å². The number of hydrogen-bond donors (Lipinski definition) is 2. The van der Waals surface area contributed by atoms with Crippen LogP contribution in [0.15, 0.2) is 54.7 Å². The van der Waals surface area contributed by atoms with Crippen LogP contribution in [0.5, 0.6) is 5.75 Å². The molecule has 4 heterocycles. The molecule has 2 N–H and O–H groups in total. The number of ether oxygens (including phenoxy) is 1. The number of nitrogens with one attached hydrogen (secondary N) is 2. The summed E-state index contributed by atoms with van der Waals surface area (Å²) in [6.45, 7) is 2.04. The molecule has 0 amide bonds. The normalized spacial score (nSPS) is 18.4. The van der Waals surface area contributed by atoms with Crippen molar-refractivity contribution >= 4 is 11.5 Å². The molecule has 6 rings (SSSR count). The Kier molecular flexibility index (Phi) is 5.19. The SMILES string of the molecule is COc1cc2ncc(-c3cc(-c4ccccc4)cc(NC4CCCNC4)n3)n2nc1C1CC1. The summed E-state index contributed by atoms with van der Waals surface area (Å²) in [4.78, 5) is 9.63. The van der Waals surface area contributed by atoms with Gasteiger partial charge in [0, 0.05) is 24.6 Å². The lowest BCUT2D eigenvalue weighted by molar-refractivity contribution is 0.405. The lowest BCUT2D eigenvalue weighted by atomic mass is 10.0. The van der Waals surface area contributed by atoms with Crippen molar-refractivity contribution in [3.8, 4) is 28.3 Å². The Morgan fingerprint density at radius 2 is 1.94 bits per heavy atom. The van der Waals surface area contributed by atoms with Gasteiger partial charge in [-0.25, -0.2) is 14.5 Å². The second-order valence-corrected chi connectivity index (χ2v) is 8.97. The van der Waals surface area contributed by atoms with E-state index >= 15 is 0 Å². The Morgan fingerprint density at radius 1 is 1.06 bits per heavy atom. The Morgan fingerprint density at radius 3 is 2.70 bits per heavy atom. The van der Waals surface area contributed by atoms with Crippen molar-refractivity contribution in [3.05, 3.63) is 60.4 Å². The highest BCUT2D eigenvalue weighted by Crippen LogP contribution is 2.43. The van der Waals surface area contributed by atoms with E-state index in [0.717, 1.165) is 77.8 Å². The fourth-order valence-corrected chi connectivity index (χ4v) is 4.61. The van der Waals surface area contributed by atoms with Crippen molar-refractivity contribution < 1.29 is 4.74 Å². The largest absolute Gasteiger partial charge is 0.495 e. The Bertz CT molecular complexity index is 1270. The standard InChI is InChI=1S/C26H28N6O/c1-33-23-14-25-28-16-22(32(25)31-26(23)18-9-10-18)21-12-19(17-6-3-2-4-7-17)13-24(30-21)29-20-8-5-11-27-15-20/h2-4,6-7,12-14,16,18,20,27H,5,8-11,15H2,1H3,(H,29,30). The summed E-state index contributed by atoms with van der Waals surface area (Å²) in [5, 5.41) is 12.1. The highest BCUT2D eigenvalue weighted by Gasteiger charge is 2.30. The van der Waals surface area contributed by atoms with Crippen LogP contribution in [-0.4, -0.2) is 45.8 Å². The molecule has 0 radical (unpaired) electrons. The maximum absolute atomic E-state index is 5.60. The fraction of sp³-hybridized carbons (Fsp3) is 0.346. The van der Waals surface area contributed by atoms with Crippen molar-refractivity contribution in [2.24, 2.45) is 0 Å². The Balaban J connectivity index is 1.46. The van der Waals surface area contributed by atoms with Crippen LogP contribution in [0.25, 0.3) is 28.2 Å². The summed E-state index contributed by atoms with van der Waals surface area (Å²) in [7, 11) is 1.70. The average Bonchev–Trinajstić information content (AvgIpc) is 3.63. The molecular weight excluding hydrogens is 412 g/mol. The molecule has 2 fully saturated rings. The highest BCUT2D eigenvalue weighted by atomic mass is 16.5. The molecule has 4 aromatic rings. The number of anilines is 1. The predicted molar refractivity (Wildman–Crippen MR) is 130 cm³/mol. The number of benzene rings is 1. The average molecular weight is 441 g/mol. The Hall–Kier alpha value is -3.45. The fourth-order valence-electron chi connectivity index (χ4n) is 4.61. The van der Waals surface area contributed by atoms with Crippen molar-refractivity contribution in [2.75, 3.05) is 25.5 Å². The first-order valence-corrected chi connectivity index (χ1v) is 11.8. The molecule has 168 valence electrons. The first-order valence-electron chi connectivity index (χ1n) is 11.8.